The lowest BCUT2D eigenvalue weighted by Gasteiger charge is -2.31. The summed E-state index contributed by atoms with van der Waals surface area (Å²) < 4.78 is 12.5. The van der Waals surface area contributed by atoms with Crippen molar-refractivity contribution in [2.45, 2.75) is 19.9 Å². The summed E-state index contributed by atoms with van der Waals surface area (Å²) in [6, 6.07) is 10.3. The molecule has 2 aromatic heterocycles. The number of fused-ring (bicyclic) bond motifs is 1. The van der Waals surface area contributed by atoms with Crippen molar-refractivity contribution < 1.29 is 24.2 Å². The van der Waals surface area contributed by atoms with Crippen molar-refractivity contribution in [2.75, 3.05) is 46.5 Å². The molecule has 0 bridgehead atoms. The number of pyridine rings is 1. The molecule has 0 unspecified atom stereocenters. The van der Waals surface area contributed by atoms with E-state index in [9.17, 15) is 14.7 Å². The number of benzene rings is 1. The maximum absolute atomic E-state index is 13.4. The normalized spacial score (nSPS) is 20.4. The number of Topliss-reactive ketones (excluding diaryl/α,β-unsaturated/α-hetero) is 1. The molecule has 9 nitrogen and oxygen atoms in total. The number of aryl methyl sites for hydroxylation is 2. The second-order valence-corrected chi connectivity index (χ2v) is 9.15. The molecule has 0 spiro atoms. The highest BCUT2D eigenvalue weighted by atomic mass is 16.5. The Labute approximate surface area is 209 Å². The highest BCUT2D eigenvalue weighted by Gasteiger charge is 2.46. The van der Waals surface area contributed by atoms with E-state index in [0.29, 0.717) is 49.1 Å². The predicted octanol–water partition coefficient (Wildman–Crippen LogP) is 2.71. The zero-order valence-electron chi connectivity index (χ0n) is 20.7. The SMILES string of the molecule is COc1ccc([C@H]2C(=C(O)c3c(C)nc4c(C)cccn34)C(=O)C(=O)N2CCN2CCOCC2)cc1. The van der Waals surface area contributed by atoms with E-state index in [1.807, 2.05) is 31.2 Å². The van der Waals surface area contributed by atoms with Crippen LogP contribution >= 0.6 is 0 Å². The van der Waals surface area contributed by atoms with Crippen LogP contribution in [-0.2, 0) is 14.3 Å². The number of carbonyl (C=O) groups is 2. The third-order valence-electron chi connectivity index (χ3n) is 6.98. The Hall–Kier alpha value is -3.69. The number of likely N-dealkylation sites (tertiary alicyclic amines) is 1. The number of imidazole rings is 1. The zero-order valence-corrected chi connectivity index (χ0v) is 20.7. The Bertz CT molecular complexity index is 1340. The summed E-state index contributed by atoms with van der Waals surface area (Å²) in [6.07, 6.45) is 1.80. The lowest BCUT2D eigenvalue weighted by molar-refractivity contribution is -0.140. The number of morpholine rings is 1. The van der Waals surface area contributed by atoms with E-state index in [1.54, 1.807) is 41.7 Å². The Kier molecular flexibility index (Phi) is 6.51. The summed E-state index contributed by atoms with van der Waals surface area (Å²) in [5.41, 5.74) is 3.42. The van der Waals surface area contributed by atoms with Crippen LogP contribution in [-0.4, -0.2) is 82.5 Å². The number of ketones is 1. The number of hydrogen-bond acceptors (Lipinski definition) is 7. The van der Waals surface area contributed by atoms with Gasteiger partial charge in [-0.1, -0.05) is 18.2 Å². The number of aliphatic hydroxyl groups is 1. The lowest BCUT2D eigenvalue weighted by Crippen LogP contribution is -2.42. The maximum atomic E-state index is 13.4. The van der Waals surface area contributed by atoms with Gasteiger partial charge in [-0.3, -0.25) is 18.9 Å². The molecule has 2 saturated heterocycles. The molecule has 3 aromatic rings. The monoisotopic (exact) mass is 490 g/mol. The zero-order chi connectivity index (χ0) is 25.4. The second kappa shape index (κ2) is 9.75. The molecule has 0 radical (unpaired) electrons. The highest BCUT2D eigenvalue weighted by Crippen LogP contribution is 2.40. The van der Waals surface area contributed by atoms with Crippen molar-refractivity contribution in [3.8, 4) is 5.75 Å². The first kappa shape index (κ1) is 24.0. The van der Waals surface area contributed by atoms with Crippen molar-refractivity contribution >= 4 is 23.1 Å². The molecule has 5 rings (SSSR count). The van der Waals surface area contributed by atoms with Gasteiger partial charge in [0, 0.05) is 32.4 Å². The molecule has 1 amide bonds. The van der Waals surface area contributed by atoms with Crippen LogP contribution in [0.3, 0.4) is 0 Å². The minimum atomic E-state index is -0.730. The predicted molar refractivity (Wildman–Crippen MR) is 134 cm³/mol. The van der Waals surface area contributed by atoms with Crippen LogP contribution in [0.2, 0.25) is 0 Å². The van der Waals surface area contributed by atoms with Crippen LogP contribution in [0.25, 0.3) is 11.4 Å². The third kappa shape index (κ3) is 4.14. The first-order chi connectivity index (χ1) is 17.4. The number of nitrogens with zero attached hydrogens (tertiary/aromatic N) is 4. The summed E-state index contributed by atoms with van der Waals surface area (Å²) in [5.74, 6) is -0.874. The van der Waals surface area contributed by atoms with Gasteiger partial charge in [-0.25, -0.2) is 4.98 Å². The van der Waals surface area contributed by atoms with E-state index in [-0.39, 0.29) is 11.3 Å². The third-order valence-corrected chi connectivity index (χ3v) is 6.98. The molecule has 1 atom stereocenters. The standard InChI is InChI=1S/C27H30N4O5/c1-17-5-4-10-30-22(18(2)28-26(17)30)24(32)21-23(19-6-8-20(35-3)9-7-19)31(27(34)25(21)33)12-11-29-13-15-36-16-14-29/h4-10,23,32H,11-16H2,1-3H3/t23-/m0/s1. The molecule has 2 fully saturated rings. The minimum absolute atomic E-state index is 0.0681. The first-order valence-electron chi connectivity index (χ1n) is 12.1. The number of hydrogen-bond donors (Lipinski definition) is 1. The van der Waals surface area contributed by atoms with Gasteiger partial charge in [0.15, 0.2) is 5.76 Å². The Morgan fingerprint density at radius 2 is 1.83 bits per heavy atom. The second-order valence-electron chi connectivity index (χ2n) is 9.15. The molecular weight excluding hydrogens is 460 g/mol. The molecule has 0 saturated carbocycles. The molecule has 36 heavy (non-hydrogen) atoms. The average molecular weight is 491 g/mol. The Morgan fingerprint density at radius 3 is 2.53 bits per heavy atom. The van der Waals surface area contributed by atoms with Crippen molar-refractivity contribution in [3.05, 3.63) is 70.7 Å². The minimum Gasteiger partial charge on any atom is -0.505 e. The van der Waals surface area contributed by atoms with E-state index in [0.717, 1.165) is 24.2 Å². The molecule has 1 aromatic carbocycles. The topological polar surface area (TPSA) is 96.6 Å². The van der Waals surface area contributed by atoms with Gasteiger partial charge in [-0.15, -0.1) is 0 Å². The number of aromatic nitrogens is 2. The summed E-state index contributed by atoms with van der Waals surface area (Å²) in [7, 11) is 1.58. The maximum Gasteiger partial charge on any atom is 0.295 e. The number of amides is 1. The van der Waals surface area contributed by atoms with Crippen LogP contribution in [0.5, 0.6) is 5.75 Å². The smallest absolute Gasteiger partial charge is 0.295 e. The van der Waals surface area contributed by atoms with Crippen LogP contribution in [0, 0.1) is 13.8 Å². The van der Waals surface area contributed by atoms with Crippen LogP contribution < -0.4 is 4.74 Å². The van der Waals surface area contributed by atoms with Gasteiger partial charge in [-0.05, 0) is 43.2 Å². The van der Waals surface area contributed by atoms with Crippen molar-refractivity contribution in [1.29, 1.82) is 0 Å². The van der Waals surface area contributed by atoms with Crippen LogP contribution in [0.4, 0.5) is 0 Å². The quantitative estimate of drug-likeness (QED) is 0.322. The van der Waals surface area contributed by atoms with Crippen molar-refractivity contribution in [1.82, 2.24) is 19.2 Å². The van der Waals surface area contributed by atoms with Gasteiger partial charge in [0.25, 0.3) is 11.7 Å². The van der Waals surface area contributed by atoms with Crippen molar-refractivity contribution in [3.63, 3.8) is 0 Å². The van der Waals surface area contributed by atoms with E-state index in [1.165, 1.54) is 0 Å². The van der Waals surface area contributed by atoms with Crippen molar-refractivity contribution in [2.24, 2.45) is 0 Å². The summed E-state index contributed by atoms with van der Waals surface area (Å²) in [6.45, 7) is 7.53. The number of aliphatic hydroxyl groups excluding tert-OH is 1. The van der Waals surface area contributed by atoms with Gasteiger partial charge in [0.05, 0.1) is 37.6 Å². The van der Waals surface area contributed by atoms with Gasteiger partial charge in [0.1, 0.15) is 17.1 Å². The molecule has 188 valence electrons. The number of ether oxygens (including phenoxy) is 2. The Morgan fingerprint density at radius 1 is 1.11 bits per heavy atom. The summed E-state index contributed by atoms with van der Waals surface area (Å²) in [5, 5.41) is 11.6. The van der Waals surface area contributed by atoms with Gasteiger partial charge >= 0.3 is 0 Å². The molecule has 4 heterocycles. The van der Waals surface area contributed by atoms with Crippen LogP contribution in [0.1, 0.15) is 28.6 Å². The number of rotatable bonds is 6. The van der Waals surface area contributed by atoms with Gasteiger partial charge in [0.2, 0.25) is 0 Å². The fourth-order valence-corrected chi connectivity index (χ4v) is 5.05. The number of carbonyl (C=O) groups excluding carboxylic acids is 2. The van der Waals surface area contributed by atoms with E-state index in [2.05, 4.69) is 9.88 Å². The molecular formula is C27H30N4O5. The summed E-state index contributed by atoms with van der Waals surface area (Å²) in [4.78, 5) is 35.1. The largest absolute Gasteiger partial charge is 0.505 e. The number of methoxy groups -OCH3 is 1. The Balaban J connectivity index is 1.62. The van der Waals surface area contributed by atoms with Crippen LogP contribution in [0.15, 0.2) is 48.2 Å². The molecule has 0 aliphatic carbocycles. The van der Waals surface area contributed by atoms with Gasteiger partial charge in [-0.2, -0.15) is 0 Å². The molecule has 9 heteroatoms. The van der Waals surface area contributed by atoms with E-state index in [4.69, 9.17) is 9.47 Å². The first-order valence-corrected chi connectivity index (χ1v) is 12.1. The fourth-order valence-electron chi connectivity index (χ4n) is 5.05. The van der Waals surface area contributed by atoms with E-state index >= 15 is 0 Å². The average Bonchev–Trinajstić information content (AvgIpc) is 3.37. The summed E-state index contributed by atoms with van der Waals surface area (Å²) >= 11 is 0. The molecule has 2 aliphatic rings. The van der Waals surface area contributed by atoms with E-state index < -0.39 is 17.7 Å². The van der Waals surface area contributed by atoms with Gasteiger partial charge < -0.3 is 19.5 Å². The molecule has 2 aliphatic heterocycles. The molecule has 1 N–H and O–H groups in total. The highest BCUT2D eigenvalue weighted by molar-refractivity contribution is 6.46. The lowest BCUT2D eigenvalue weighted by atomic mass is 9.96. The fraction of sp³-hybridized carbons (Fsp3) is 0.370.